The molecule has 112 valence electrons. The van der Waals surface area contributed by atoms with Crippen molar-refractivity contribution in [1.82, 2.24) is 10.2 Å². The van der Waals surface area contributed by atoms with E-state index in [-0.39, 0.29) is 0 Å². The van der Waals surface area contributed by atoms with Crippen LogP contribution in [0.3, 0.4) is 0 Å². The third kappa shape index (κ3) is 4.73. The fourth-order valence-electron chi connectivity index (χ4n) is 3.20. The van der Waals surface area contributed by atoms with Crippen LogP contribution in [0, 0.1) is 5.41 Å². The van der Waals surface area contributed by atoms with Crippen molar-refractivity contribution < 1.29 is 4.74 Å². The molecule has 0 radical (unpaired) electrons. The lowest BCUT2D eigenvalue weighted by Crippen LogP contribution is -2.50. The minimum absolute atomic E-state index is 0.347. The van der Waals surface area contributed by atoms with Crippen molar-refractivity contribution in [1.29, 1.82) is 0 Å². The van der Waals surface area contributed by atoms with Crippen LogP contribution in [0.25, 0.3) is 0 Å². The molecule has 0 bridgehead atoms. The van der Waals surface area contributed by atoms with Gasteiger partial charge in [0.1, 0.15) is 0 Å². The predicted octanol–water partition coefficient (Wildman–Crippen LogP) is 2.66. The van der Waals surface area contributed by atoms with Crippen LogP contribution in [0.1, 0.15) is 52.9 Å². The van der Waals surface area contributed by atoms with Gasteiger partial charge in [-0.05, 0) is 38.6 Å². The molecule has 0 amide bonds. The van der Waals surface area contributed by atoms with Crippen LogP contribution in [0.5, 0.6) is 0 Å². The van der Waals surface area contributed by atoms with Crippen LogP contribution in [-0.4, -0.2) is 49.8 Å². The van der Waals surface area contributed by atoms with Crippen LogP contribution in [0.2, 0.25) is 0 Å². The van der Waals surface area contributed by atoms with Gasteiger partial charge in [0.15, 0.2) is 0 Å². The molecule has 0 spiro atoms. The molecular formula is C16H32N2O. The van der Waals surface area contributed by atoms with Crippen LogP contribution < -0.4 is 5.32 Å². The SMILES string of the molecule is CCCN(CC1(CNC(C)C)CCCOC1)C1CC1. The van der Waals surface area contributed by atoms with Crippen LogP contribution in [-0.2, 0) is 4.74 Å². The van der Waals surface area contributed by atoms with Crippen LogP contribution in [0.15, 0.2) is 0 Å². The zero-order valence-electron chi connectivity index (χ0n) is 13.1. The number of ether oxygens (including phenoxy) is 1. The van der Waals surface area contributed by atoms with Crippen molar-refractivity contribution in [2.75, 3.05) is 32.8 Å². The van der Waals surface area contributed by atoms with E-state index in [9.17, 15) is 0 Å². The first-order chi connectivity index (χ1) is 9.15. The summed E-state index contributed by atoms with van der Waals surface area (Å²) >= 11 is 0. The zero-order valence-corrected chi connectivity index (χ0v) is 13.1. The quantitative estimate of drug-likeness (QED) is 0.732. The Labute approximate surface area is 119 Å². The third-order valence-electron chi connectivity index (χ3n) is 4.40. The Kier molecular flexibility index (Phi) is 5.67. The highest BCUT2D eigenvalue weighted by Gasteiger charge is 2.38. The van der Waals surface area contributed by atoms with E-state index in [0.717, 1.165) is 25.8 Å². The van der Waals surface area contributed by atoms with E-state index in [1.54, 1.807) is 0 Å². The monoisotopic (exact) mass is 268 g/mol. The number of nitrogens with one attached hydrogen (secondary N) is 1. The molecule has 2 aliphatic rings. The first kappa shape index (κ1) is 15.3. The summed E-state index contributed by atoms with van der Waals surface area (Å²) in [6, 6.07) is 1.44. The molecule has 2 rings (SSSR count). The summed E-state index contributed by atoms with van der Waals surface area (Å²) in [5.74, 6) is 0. The van der Waals surface area contributed by atoms with E-state index in [1.165, 1.54) is 45.2 Å². The molecule has 2 fully saturated rings. The van der Waals surface area contributed by atoms with Gasteiger partial charge in [-0.15, -0.1) is 0 Å². The van der Waals surface area contributed by atoms with Crippen molar-refractivity contribution in [3.05, 3.63) is 0 Å². The number of hydrogen-bond acceptors (Lipinski definition) is 3. The molecule has 1 aliphatic heterocycles. The maximum absolute atomic E-state index is 5.83. The maximum Gasteiger partial charge on any atom is 0.0546 e. The highest BCUT2D eigenvalue weighted by molar-refractivity contribution is 4.93. The molecule has 1 saturated carbocycles. The summed E-state index contributed by atoms with van der Waals surface area (Å²) in [6.07, 6.45) is 6.64. The average Bonchev–Trinajstić information content (AvgIpc) is 3.22. The predicted molar refractivity (Wildman–Crippen MR) is 80.5 cm³/mol. The minimum Gasteiger partial charge on any atom is -0.381 e. The largest absolute Gasteiger partial charge is 0.381 e. The second-order valence-corrected chi connectivity index (χ2v) is 6.89. The van der Waals surface area contributed by atoms with Crippen molar-refractivity contribution in [2.24, 2.45) is 5.41 Å². The van der Waals surface area contributed by atoms with E-state index in [4.69, 9.17) is 4.74 Å². The van der Waals surface area contributed by atoms with E-state index in [1.807, 2.05) is 0 Å². The zero-order chi connectivity index (χ0) is 13.7. The molecule has 0 aromatic carbocycles. The third-order valence-corrected chi connectivity index (χ3v) is 4.40. The van der Waals surface area contributed by atoms with Gasteiger partial charge in [-0.3, -0.25) is 4.90 Å². The first-order valence-corrected chi connectivity index (χ1v) is 8.20. The van der Waals surface area contributed by atoms with E-state index in [0.29, 0.717) is 11.5 Å². The topological polar surface area (TPSA) is 24.5 Å². The second kappa shape index (κ2) is 7.05. The summed E-state index contributed by atoms with van der Waals surface area (Å²) < 4.78 is 5.83. The molecule has 0 aromatic heterocycles. The Hall–Kier alpha value is -0.120. The van der Waals surface area contributed by atoms with Gasteiger partial charge < -0.3 is 10.1 Å². The van der Waals surface area contributed by atoms with Crippen molar-refractivity contribution >= 4 is 0 Å². The van der Waals surface area contributed by atoms with Gasteiger partial charge >= 0.3 is 0 Å². The lowest BCUT2D eigenvalue weighted by Gasteiger charge is -2.41. The Morgan fingerprint density at radius 2 is 2.16 bits per heavy atom. The summed E-state index contributed by atoms with van der Waals surface area (Å²) in [4.78, 5) is 2.73. The summed E-state index contributed by atoms with van der Waals surface area (Å²) in [6.45, 7) is 12.3. The fraction of sp³-hybridized carbons (Fsp3) is 1.00. The lowest BCUT2D eigenvalue weighted by molar-refractivity contribution is -0.0284. The normalized spacial score (nSPS) is 28.3. The molecule has 1 saturated heterocycles. The van der Waals surface area contributed by atoms with Gasteiger partial charge in [0.25, 0.3) is 0 Å². The maximum atomic E-state index is 5.83. The highest BCUT2D eigenvalue weighted by atomic mass is 16.5. The van der Waals surface area contributed by atoms with Gasteiger partial charge in [0, 0.05) is 37.2 Å². The number of rotatable bonds is 8. The van der Waals surface area contributed by atoms with E-state index in [2.05, 4.69) is 31.0 Å². The Balaban J connectivity index is 1.94. The Morgan fingerprint density at radius 3 is 2.68 bits per heavy atom. The molecule has 0 aromatic rings. The molecule has 3 heteroatoms. The van der Waals surface area contributed by atoms with Gasteiger partial charge in [0.05, 0.1) is 6.61 Å². The van der Waals surface area contributed by atoms with Crippen molar-refractivity contribution in [2.45, 2.75) is 65.0 Å². The molecule has 19 heavy (non-hydrogen) atoms. The van der Waals surface area contributed by atoms with E-state index >= 15 is 0 Å². The van der Waals surface area contributed by atoms with Gasteiger partial charge in [0.2, 0.25) is 0 Å². The van der Waals surface area contributed by atoms with Crippen molar-refractivity contribution in [3.8, 4) is 0 Å². The fourth-order valence-corrected chi connectivity index (χ4v) is 3.20. The molecule has 1 N–H and O–H groups in total. The molecule has 3 nitrogen and oxygen atoms in total. The average molecular weight is 268 g/mol. The highest BCUT2D eigenvalue weighted by Crippen LogP contribution is 2.34. The molecule has 1 aliphatic carbocycles. The first-order valence-electron chi connectivity index (χ1n) is 8.20. The summed E-state index contributed by atoms with van der Waals surface area (Å²) in [7, 11) is 0. The molecular weight excluding hydrogens is 236 g/mol. The van der Waals surface area contributed by atoms with Crippen molar-refractivity contribution in [3.63, 3.8) is 0 Å². The standard InChI is InChI=1S/C16H32N2O/c1-4-9-18(15-6-7-15)12-16(11-17-14(2)3)8-5-10-19-13-16/h14-15,17H,4-13H2,1-3H3. The number of nitrogens with zero attached hydrogens (tertiary/aromatic N) is 1. The number of hydrogen-bond donors (Lipinski definition) is 1. The lowest BCUT2D eigenvalue weighted by atomic mass is 9.81. The van der Waals surface area contributed by atoms with Crippen LogP contribution in [0.4, 0.5) is 0 Å². The van der Waals surface area contributed by atoms with Gasteiger partial charge in [-0.2, -0.15) is 0 Å². The second-order valence-electron chi connectivity index (χ2n) is 6.89. The molecule has 1 unspecified atom stereocenters. The summed E-state index contributed by atoms with van der Waals surface area (Å²) in [5, 5.41) is 3.66. The van der Waals surface area contributed by atoms with Gasteiger partial charge in [-0.25, -0.2) is 0 Å². The molecule has 1 heterocycles. The summed E-state index contributed by atoms with van der Waals surface area (Å²) in [5.41, 5.74) is 0.347. The minimum atomic E-state index is 0.347. The molecule has 1 atom stereocenters. The Morgan fingerprint density at radius 1 is 1.37 bits per heavy atom. The Bertz CT molecular complexity index is 257. The van der Waals surface area contributed by atoms with E-state index < -0.39 is 0 Å². The van der Waals surface area contributed by atoms with Gasteiger partial charge in [-0.1, -0.05) is 20.8 Å². The van der Waals surface area contributed by atoms with Crippen LogP contribution >= 0.6 is 0 Å². The smallest absolute Gasteiger partial charge is 0.0546 e.